The summed E-state index contributed by atoms with van der Waals surface area (Å²) in [7, 11) is 1.36. The first-order valence-electron chi connectivity index (χ1n) is 8.11. The first kappa shape index (κ1) is 18.7. The highest BCUT2D eigenvalue weighted by Crippen LogP contribution is 2.26. The molecule has 7 heteroatoms. The van der Waals surface area contributed by atoms with Crippen molar-refractivity contribution in [2.24, 2.45) is 0 Å². The van der Waals surface area contributed by atoms with Crippen molar-refractivity contribution in [1.29, 1.82) is 0 Å². The van der Waals surface area contributed by atoms with Crippen LogP contribution in [0.1, 0.15) is 11.1 Å². The molecule has 2 aromatic rings. The summed E-state index contributed by atoms with van der Waals surface area (Å²) in [6.07, 6.45) is 0.517. The van der Waals surface area contributed by atoms with E-state index in [1.54, 1.807) is 18.2 Å². The van der Waals surface area contributed by atoms with E-state index in [2.05, 4.69) is 5.32 Å². The van der Waals surface area contributed by atoms with Crippen LogP contribution in [0.15, 0.2) is 42.5 Å². The first-order valence-corrected chi connectivity index (χ1v) is 8.87. The van der Waals surface area contributed by atoms with Gasteiger partial charge >= 0.3 is 5.97 Å². The number of anilines is 1. The van der Waals surface area contributed by atoms with Crippen LogP contribution in [-0.4, -0.2) is 36.5 Å². The zero-order valence-corrected chi connectivity index (χ0v) is 15.7. The van der Waals surface area contributed by atoms with Gasteiger partial charge in [0.15, 0.2) is 0 Å². The van der Waals surface area contributed by atoms with Gasteiger partial charge in [-0.05, 0) is 35.7 Å². The smallest absolute Gasteiger partial charge is 0.323 e. The highest BCUT2D eigenvalue weighted by molar-refractivity contribution is 6.42. The maximum absolute atomic E-state index is 12.5. The molecular formula is C19H18Cl2N2O3. The Morgan fingerprint density at radius 2 is 1.88 bits per heavy atom. The Hall–Kier alpha value is -2.08. The fourth-order valence-electron chi connectivity index (χ4n) is 3.07. The Balaban J connectivity index is 1.74. The number of hydrogen-bond donors (Lipinski definition) is 1. The summed E-state index contributed by atoms with van der Waals surface area (Å²) in [6, 6.07) is 12.3. The molecule has 0 unspecified atom stereocenters. The van der Waals surface area contributed by atoms with Crippen molar-refractivity contribution in [3.05, 3.63) is 63.6 Å². The van der Waals surface area contributed by atoms with Crippen molar-refractivity contribution in [3.63, 3.8) is 0 Å². The van der Waals surface area contributed by atoms with Crippen molar-refractivity contribution in [1.82, 2.24) is 4.90 Å². The van der Waals surface area contributed by atoms with Crippen LogP contribution in [0.5, 0.6) is 0 Å². The third-order valence-corrected chi connectivity index (χ3v) is 5.11. The number of halogens is 2. The summed E-state index contributed by atoms with van der Waals surface area (Å²) in [5.74, 6) is -0.585. The maximum Gasteiger partial charge on any atom is 0.323 e. The molecule has 1 N–H and O–H groups in total. The second-order valence-electron chi connectivity index (χ2n) is 6.09. The Morgan fingerprint density at radius 3 is 2.58 bits per heavy atom. The zero-order valence-electron chi connectivity index (χ0n) is 14.2. The fourth-order valence-corrected chi connectivity index (χ4v) is 3.37. The van der Waals surface area contributed by atoms with Gasteiger partial charge < -0.3 is 10.1 Å². The zero-order chi connectivity index (χ0) is 18.7. The highest BCUT2D eigenvalue weighted by atomic mass is 35.5. The monoisotopic (exact) mass is 392 g/mol. The Morgan fingerprint density at radius 1 is 1.15 bits per heavy atom. The number of nitrogens with zero attached hydrogens (tertiary/aromatic N) is 1. The van der Waals surface area contributed by atoms with Crippen LogP contribution in [0.2, 0.25) is 10.0 Å². The van der Waals surface area contributed by atoms with Gasteiger partial charge in [0.1, 0.15) is 6.04 Å². The number of esters is 1. The number of fused-ring (bicyclic) bond motifs is 1. The number of benzene rings is 2. The van der Waals surface area contributed by atoms with Crippen molar-refractivity contribution >= 4 is 40.8 Å². The molecule has 0 spiro atoms. The van der Waals surface area contributed by atoms with Crippen LogP contribution >= 0.6 is 23.2 Å². The molecule has 2 aromatic carbocycles. The second-order valence-corrected chi connectivity index (χ2v) is 6.91. The van der Waals surface area contributed by atoms with Crippen molar-refractivity contribution in [3.8, 4) is 0 Å². The van der Waals surface area contributed by atoms with E-state index in [0.717, 1.165) is 11.1 Å². The van der Waals surface area contributed by atoms with Gasteiger partial charge in [0, 0.05) is 12.2 Å². The van der Waals surface area contributed by atoms with Gasteiger partial charge in [-0.15, -0.1) is 0 Å². The Bertz CT molecular complexity index is 841. The van der Waals surface area contributed by atoms with Crippen molar-refractivity contribution in [2.75, 3.05) is 19.0 Å². The van der Waals surface area contributed by atoms with Gasteiger partial charge in [-0.2, -0.15) is 0 Å². The molecule has 1 amide bonds. The van der Waals surface area contributed by atoms with Crippen LogP contribution in [0.4, 0.5) is 5.69 Å². The summed E-state index contributed by atoms with van der Waals surface area (Å²) in [4.78, 5) is 26.5. The summed E-state index contributed by atoms with van der Waals surface area (Å²) in [6.45, 7) is 0.569. The van der Waals surface area contributed by atoms with E-state index in [0.29, 0.717) is 28.7 Å². The maximum atomic E-state index is 12.5. The fraction of sp³-hybridized carbons (Fsp3) is 0.263. The third kappa shape index (κ3) is 4.18. The summed E-state index contributed by atoms with van der Waals surface area (Å²) < 4.78 is 4.92. The summed E-state index contributed by atoms with van der Waals surface area (Å²) >= 11 is 11.9. The molecular weight excluding hydrogens is 375 g/mol. The van der Waals surface area contributed by atoms with Crippen molar-refractivity contribution < 1.29 is 14.3 Å². The van der Waals surface area contributed by atoms with Gasteiger partial charge in [-0.3, -0.25) is 14.5 Å². The summed E-state index contributed by atoms with van der Waals surface area (Å²) in [5, 5.41) is 3.57. The number of methoxy groups -OCH3 is 1. The van der Waals surface area contributed by atoms with Gasteiger partial charge in [0.05, 0.1) is 23.7 Å². The number of amides is 1. The second kappa shape index (κ2) is 8.08. The molecule has 1 atom stereocenters. The van der Waals surface area contributed by atoms with Crippen molar-refractivity contribution in [2.45, 2.75) is 19.0 Å². The van der Waals surface area contributed by atoms with E-state index in [9.17, 15) is 9.59 Å². The largest absolute Gasteiger partial charge is 0.468 e. The first-order chi connectivity index (χ1) is 12.5. The molecule has 5 nitrogen and oxygen atoms in total. The predicted octanol–water partition coefficient (Wildman–Crippen LogP) is 3.53. The minimum absolute atomic E-state index is 0.0638. The molecule has 3 rings (SSSR count). The number of ether oxygens (including phenoxy) is 1. The molecule has 0 bridgehead atoms. The van der Waals surface area contributed by atoms with E-state index < -0.39 is 6.04 Å². The van der Waals surface area contributed by atoms with Crippen LogP contribution in [0, 0.1) is 0 Å². The van der Waals surface area contributed by atoms with Gasteiger partial charge in [0.2, 0.25) is 5.91 Å². The lowest BCUT2D eigenvalue weighted by Crippen LogP contribution is -2.49. The van der Waals surface area contributed by atoms with Crippen LogP contribution in [0.3, 0.4) is 0 Å². The van der Waals surface area contributed by atoms with E-state index in [1.165, 1.54) is 7.11 Å². The lowest BCUT2D eigenvalue weighted by Gasteiger charge is -2.34. The van der Waals surface area contributed by atoms with Crippen LogP contribution in [-0.2, 0) is 27.3 Å². The number of rotatable bonds is 4. The average Bonchev–Trinajstić information content (AvgIpc) is 2.63. The van der Waals surface area contributed by atoms with Gasteiger partial charge in [0.25, 0.3) is 0 Å². The lowest BCUT2D eigenvalue weighted by atomic mass is 9.94. The quantitative estimate of drug-likeness (QED) is 0.808. The number of carbonyl (C=O) groups excluding carboxylic acids is 2. The topological polar surface area (TPSA) is 58.6 Å². The van der Waals surface area contributed by atoms with E-state index in [1.807, 2.05) is 29.2 Å². The molecule has 136 valence electrons. The minimum Gasteiger partial charge on any atom is -0.468 e. The molecule has 1 heterocycles. The molecule has 1 aliphatic rings. The van der Waals surface area contributed by atoms with Gasteiger partial charge in [-0.1, -0.05) is 47.5 Å². The molecule has 0 saturated carbocycles. The van der Waals surface area contributed by atoms with Gasteiger partial charge in [-0.25, -0.2) is 0 Å². The Kier molecular flexibility index (Phi) is 5.81. The minimum atomic E-state index is -0.491. The molecule has 0 saturated heterocycles. The molecule has 1 aliphatic heterocycles. The van der Waals surface area contributed by atoms with Crippen LogP contribution in [0.25, 0.3) is 0 Å². The molecule has 26 heavy (non-hydrogen) atoms. The highest BCUT2D eigenvalue weighted by Gasteiger charge is 2.33. The summed E-state index contributed by atoms with van der Waals surface area (Å²) in [5.41, 5.74) is 2.76. The predicted molar refractivity (Wildman–Crippen MR) is 101 cm³/mol. The third-order valence-electron chi connectivity index (χ3n) is 4.37. The standard InChI is InChI=1S/C19H18Cl2N2O3/c1-26-19(25)17-8-12-4-2-3-5-13(12)10-23(17)11-18(24)22-14-6-7-15(20)16(21)9-14/h2-7,9,17H,8,10-11H2,1H3,(H,22,24)/t17-/m0/s1. The molecule has 0 fully saturated rings. The number of carbonyl (C=O) groups is 2. The molecule has 0 aliphatic carbocycles. The number of hydrogen-bond acceptors (Lipinski definition) is 4. The lowest BCUT2D eigenvalue weighted by molar-refractivity contribution is -0.148. The number of nitrogens with one attached hydrogen (secondary N) is 1. The van der Waals surface area contributed by atoms with E-state index in [-0.39, 0.29) is 18.4 Å². The SMILES string of the molecule is COC(=O)[C@@H]1Cc2ccccc2CN1CC(=O)Nc1ccc(Cl)c(Cl)c1. The molecule has 0 aromatic heterocycles. The van der Waals surface area contributed by atoms with E-state index in [4.69, 9.17) is 27.9 Å². The normalized spacial score (nSPS) is 16.7. The van der Waals surface area contributed by atoms with Crippen LogP contribution < -0.4 is 5.32 Å². The average molecular weight is 393 g/mol. The Labute approximate surface area is 161 Å². The van der Waals surface area contributed by atoms with E-state index >= 15 is 0 Å². The molecule has 0 radical (unpaired) electrons.